The number of carbonyl (C=O) groups excluding carboxylic acids is 1. The minimum atomic E-state index is 0.0514. The van der Waals surface area contributed by atoms with Crippen molar-refractivity contribution in [2.75, 3.05) is 25.0 Å². The molecule has 3 heterocycles. The van der Waals surface area contributed by atoms with E-state index in [1.807, 2.05) is 17.2 Å². The summed E-state index contributed by atoms with van der Waals surface area (Å²) in [5, 5.41) is 8.60. The first-order valence-corrected chi connectivity index (χ1v) is 13.0. The van der Waals surface area contributed by atoms with Gasteiger partial charge in [0.15, 0.2) is 0 Å². The van der Waals surface area contributed by atoms with Crippen LogP contribution in [0.1, 0.15) is 44.6 Å². The summed E-state index contributed by atoms with van der Waals surface area (Å²) >= 11 is 0. The minimum absolute atomic E-state index is 0.0514. The van der Waals surface area contributed by atoms with Crippen molar-refractivity contribution in [3.05, 3.63) is 54.9 Å². The van der Waals surface area contributed by atoms with Crippen LogP contribution in [0.2, 0.25) is 0 Å². The summed E-state index contributed by atoms with van der Waals surface area (Å²) in [4.78, 5) is 26.8. The number of rotatable bonds is 8. The van der Waals surface area contributed by atoms with E-state index in [1.54, 1.807) is 0 Å². The third kappa shape index (κ3) is 5.25. The molecule has 2 aliphatic rings. The molecule has 1 unspecified atom stereocenters. The second-order valence-corrected chi connectivity index (χ2v) is 9.93. The number of fused-ring (bicyclic) bond motifs is 1. The molecule has 0 spiro atoms. The Morgan fingerprint density at radius 3 is 2.97 bits per heavy atom. The van der Waals surface area contributed by atoms with Gasteiger partial charge in [-0.3, -0.25) is 4.79 Å². The van der Waals surface area contributed by atoms with Crippen molar-refractivity contribution in [3.8, 4) is 11.3 Å². The van der Waals surface area contributed by atoms with Crippen molar-refractivity contribution in [1.29, 1.82) is 0 Å². The Morgan fingerprint density at radius 1 is 1.26 bits per heavy atom. The van der Waals surface area contributed by atoms with Crippen LogP contribution >= 0.6 is 0 Å². The van der Waals surface area contributed by atoms with Crippen LogP contribution < -0.4 is 10.6 Å². The first-order chi connectivity index (χ1) is 17.1. The Kier molecular flexibility index (Phi) is 7.13. The van der Waals surface area contributed by atoms with Crippen molar-refractivity contribution >= 4 is 22.8 Å². The molecule has 3 atom stereocenters. The molecule has 1 aromatic carbocycles. The standard InChI is InChI=1S/C28H36N6O/c1-3-20-16-31-28(33-27(20)24-17-30-25-11-6-5-10-23(24)25)32-22-9-7-8-21(14-22)29-15-19-12-13-34(18-19)26(35)4-2/h4-6,10-11,16-17,19,21-22,29-30H,2-3,7-9,12-15,18H2,1H3,(H,31,32,33)/t19?,21-,22+/m0/s1. The zero-order valence-corrected chi connectivity index (χ0v) is 20.6. The Morgan fingerprint density at radius 2 is 2.11 bits per heavy atom. The molecule has 0 radical (unpaired) electrons. The molecule has 1 aliphatic carbocycles. The molecule has 2 aromatic heterocycles. The maximum atomic E-state index is 11.9. The molecule has 0 bridgehead atoms. The van der Waals surface area contributed by atoms with Gasteiger partial charge in [0.25, 0.3) is 0 Å². The summed E-state index contributed by atoms with van der Waals surface area (Å²) in [6.45, 7) is 8.40. The number of hydrogen-bond donors (Lipinski definition) is 3. The van der Waals surface area contributed by atoms with E-state index in [0.29, 0.717) is 23.9 Å². The highest BCUT2D eigenvalue weighted by Gasteiger charge is 2.27. The molecule has 1 saturated heterocycles. The Bertz CT molecular complexity index is 1190. The van der Waals surface area contributed by atoms with Gasteiger partial charge in [0.1, 0.15) is 0 Å². The number of amides is 1. The lowest BCUT2D eigenvalue weighted by molar-refractivity contribution is -0.125. The lowest BCUT2D eigenvalue weighted by Crippen LogP contribution is -2.41. The van der Waals surface area contributed by atoms with Crippen LogP contribution in [0.4, 0.5) is 5.95 Å². The summed E-state index contributed by atoms with van der Waals surface area (Å²) in [6, 6.07) is 9.19. The van der Waals surface area contributed by atoms with E-state index in [9.17, 15) is 4.79 Å². The number of nitrogens with one attached hydrogen (secondary N) is 3. The van der Waals surface area contributed by atoms with E-state index in [2.05, 4.69) is 58.5 Å². The first-order valence-electron chi connectivity index (χ1n) is 13.0. The first kappa shape index (κ1) is 23.5. The number of para-hydroxylation sites is 1. The fourth-order valence-corrected chi connectivity index (χ4v) is 5.59. The summed E-state index contributed by atoms with van der Waals surface area (Å²) in [6.07, 6.45) is 12.0. The highest BCUT2D eigenvalue weighted by molar-refractivity contribution is 5.95. The van der Waals surface area contributed by atoms with E-state index < -0.39 is 0 Å². The van der Waals surface area contributed by atoms with E-state index in [0.717, 1.165) is 67.7 Å². The van der Waals surface area contributed by atoms with Crippen LogP contribution in [0.15, 0.2) is 49.3 Å². The summed E-state index contributed by atoms with van der Waals surface area (Å²) in [5.74, 6) is 1.29. The van der Waals surface area contributed by atoms with Crippen molar-refractivity contribution in [2.45, 2.75) is 57.5 Å². The number of aryl methyl sites for hydroxylation is 1. The molecule has 2 fully saturated rings. The molecule has 5 rings (SSSR count). The molecule has 1 aliphatic heterocycles. The SMILES string of the molecule is C=CC(=O)N1CCC(CN[C@H]2CCC[C@@H](Nc3ncc(CC)c(-c4c[nH]c5ccccc45)n3)C2)C1. The van der Waals surface area contributed by atoms with Crippen LogP contribution in [0.5, 0.6) is 0 Å². The predicted molar refractivity (Wildman–Crippen MR) is 141 cm³/mol. The minimum Gasteiger partial charge on any atom is -0.360 e. The molecule has 3 aromatic rings. The maximum Gasteiger partial charge on any atom is 0.245 e. The number of H-pyrrole nitrogens is 1. The average molecular weight is 473 g/mol. The highest BCUT2D eigenvalue weighted by Crippen LogP contribution is 2.31. The fraction of sp³-hybridized carbons (Fsp3) is 0.464. The number of aromatic amines is 1. The number of carbonyl (C=O) groups is 1. The molecule has 7 nitrogen and oxygen atoms in total. The van der Waals surface area contributed by atoms with Gasteiger partial charge in [-0.05, 0) is 68.7 Å². The van der Waals surface area contributed by atoms with Gasteiger partial charge in [-0.15, -0.1) is 0 Å². The molecule has 184 valence electrons. The van der Waals surface area contributed by atoms with Crippen LogP contribution in [-0.4, -0.2) is 57.5 Å². The van der Waals surface area contributed by atoms with Gasteiger partial charge in [0, 0.05) is 54.0 Å². The second kappa shape index (κ2) is 10.6. The molecule has 1 amide bonds. The van der Waals surface area contributed by atoms with Crippen molar-refractivity contribution < 1.29 is 4.79 Å². The predicted octanol–water partition coefficient (Wildman–Crippen LogP) is 4.53. The van der Waals surface area contributed by atoms with Gasteiger partial charge in [0.05, 0.1) is 5.69 Å². The Labute approximate surface area is 207 Å². The van der Waals surface area contributed by atoms with E-state index in [1.165, 1.54) is 24.3 Å². The molecule has 7 heteroatoms. The molecular weight excluding hydrogens is 436 g/mol. The van der Waals surface area contributed by atoms with E-state index in [4.69, 9.17) is 4.98 Å². The fourth-order valence-electron chi connectivity index (χ4n) is 5.59. The number of hydrogen-bond acceptors (Lipinski definition) is 5. The highest BCUT2D eigenvalue weighted by atomic mass is 16.2. The molecular formula is C28H36N6O. The maximum absolute atomic E-state index is 11.9. The van der Waals surface area contributed by atoms with Crippen molar-refractivity contribution in [1.82, 2.24) is 25.2 Å². The van der Waals surface area contributed by atoms with E-state index in [-0.39, 0.29) is 5.91 Å². The summed E-state index contributed by atoms with van der Waals surface area (Å²) in [7, 11) is 0. The zero-order chi connectivity index (χ0) is 24.2. The number of benzene rings is 1. The Hall–Kier alpha value is -3.19. The van der Waals surface area contributed by atoms with Gasteiger partial charge >= 0.3 is 0 Å². The van der Waals surface area contributed by atoms with Crippen molar-refractivity contribution in [2.24, 2.45) is 5.92 Å². The van der Waals surface area contributed by atoms with Gasteiger partial charge in [-0.25, -0.2) is 9.97 Å². The van der Waals surface area contributed by atoms with Crippen molar-refractivity contribution in [3.63, 3.8) is 0 Å². The van der Waals surface area contributed by atoms with Crippen LogP contribution in [0.25, 0.3) is 22.2 Å². The number of anilines is 1. The second-order valence-electron chi connectivity index (χ2n) is 9.93. The van der Waals surface area contributed by atoms with Gasteiger partial charge in [0.2, 0.25) is 11.9 Å². The number of likely N-dealkylation sites (tertiary alicyclic amines) is 1. The van der Waals surface area contributed by atoms with Crippen LogP contribution in [0.3, 0.4) is 0 Å². The summed E-state index contributed by atoms with van der Waals surface area (Å²) < 4.78 is 0. The molecule has 35 heavy (non-hydrogen) atoms. The van der Waals surface area contributed by atoms with Crippen LogP contribution in [-0.2, 0) is 11.2 Å². The quantitative estimate of drug-likeness (QED) is 0.419. The Balaban J connectivity index is 1.22. The van der Waals surface area contributed by atoms with Gasteiger partial charge in [-0.2, -0.15) is 0 Å². The zero-order valence-electron chi connectivity index (χ0n) is 20.6. The van der Waals surface area contributed by atoms with Gasteiger partial charge < -0.3 is 20.5 Å². The van der Waals surface area contributed by atoms with Crippen LogP contribution in [0, 0.1) is 5.92 Å². The third-order valence-corrected chi connectivity index (χ3v) is 7.56. The lowest BCUT2D eigenvalue weighted by Gasteiger charge is -2.31. The third-order valence-electron chi connectivity index (χ3n) is 7.56. The normalized spacial score (nSPS) is 22.4. The molecule has 1 saturated carbocycles. The number of nitrogens with zero attached hydrogens (tertiary/aromatic N) is 3. The summed E-state index contributed by atoms with van der Waals surface area (Å²) in [5.41, 5.74) is 4.42. The topological polar surface area (TPSA) is 85.9 Å². The largest absolute Gasteiger partial charge is 0.360 e. The van der Waals surface area contributed by atoms with Gasteiger partial charge in [-0.1, -0.05) is 31.7 Å². The monoisotopic (exact) mass is 472 g/mol. The smallest absolute Gasteiger partial charge is 0.245 e. The lowest BCUT2D eigenvalue weighted by atomic mass is 9.90. The number of aromatic nitrogens is 3. The average Bonchev–Trinajstić information content (AvgIpc) is 3.55. The molecule has 3 N–H and O–H groups in total. The van der Waals surface area contributed by atoms with E-state index >= 15 is 0 Å².